The van der Waals surface area contributed by atoms with Gasteiger partial charge in [0, 0.05) is 49.3 Å². The molecule has 2 amide bonds. The van der Waals surface area contributed by atoms with Gasteiger partial charge in [0.1, 0.15) is 29.1 Å². The minimum Gasteiger partial charge on any atom is -0.497 e. The number of nitrogens with zero attached hydrogens (tertiary/aromatic N) is 3. The number of nitrogens with two attached hydrogens (primary N) is 1. The Morgan fingerprint density at radius 3 is 2.26 bits per heavy atom. The summed E-state index contributed by atoms with van der Waals surface area (Å²) in [6.45, 7) is 6.07. The highest BCUT2D eigenvalue weighted by atomic mass is 16.5. The van der Waals surface area contributed by atoms with E-state index in [0.717, 1.165) is 23.1 Å². The third-order valence-electron chi connectivity index (χ3n) is 8.96. The van der Waals surface area contributed by atoms with Crippen molar-refractivity contribution in [3.05, 3.63) is 77.6 Å². The third-order valence-corrected chi connectivity index (χ3v) is 8.96. The van der Waals surface area contributed by atoms with Crippen molar-refractivity contribution in [2.24, 2.45) is 5.73 Å². The average Bonchev–Trinajstić information content (AvgIpc) is 3.22. The first-order chi connectivity index (χ1) is 16.8. The molecule has 2 fully saturated rings. The summed E-state index contributed by atoms with van der Waals surface area (Å²) in [5, 5.41) is 0. The number of quaternary nitrogens is 1. The van der Waals surface area contributed by atoms with Crippen LogP contribution >= 0.6 is 0 Å². The van der Waals surface area contributed by atoms with Crippen LogP contribution in [0, 0.1) is 0 Å². The highest BCUT2D eigenvalue weighted by Gasteiger charge is 2.76. The second kappa shape index (κ2) is 7.46. The lowest BCUT2D eigenvalue weighted by Gasteiger charge is -2.51. The predicted octanol–water partition coefficient (Wildman–Crippen LogP) is 3.83. The van der Waals surface area contributed by atoms with Crippen LogP contribution in [0.2, 0.25) is 0 Å². The van der Waals surface area contributed by atoms with Gasteiger partial charge in [0.25, 0.3) is 5.91 Å². The molecule has 6 rings (SSSR count). The molecule has 2 unspecified atom stereocenters. The number of fused-ring (bicyclic) bond motifs is 6. The number of carbonyl (C=O) groups is 2. The number of amides is 2. The highest BCUT2D eigenvalue weighted by Crippen LogP contribution is 2.64. The summed E-state index contributed by atoms with van der Waals surface area (Å²) in [4.78, 5) is 26.7. The zero-order chi connectivity index (χ0) is 24.5. The second-order valence-electron chi connectivity index (χ2n) is 10.1. The van der Waals surface area contributed by atoms with E-state index in [1.165, 1.54) is 17.1 Å². The number of benzene rings is 2. The number of methoxy groups -OCH3 is 1. The lowest BCUT2D eigenvalue weighted by Crippen LogP contribution is -2.61. The summed E-state index contributed by atoms with van der Waals surface area (Å²) in [6, 6.07) is 18.5. The molecule has 3 aliphatic rings. The van der Waals surface area contributed by atoms with E-state index in [2.05, 4.69) is 48.9 Å². The first kappa shape index (κ1) is 21.9. The zero-order valence-electron chi connectivity index (χ0n) is 20.4. The van der Waals surface area contributed by atoms with Crippen LogP contribution in [0.1, 0.15) is 53.1 Å². The zero-order valence-corrected chi connectivity index (χ0v) is 20.4. The van der Waals surface area contributed by atoms with Crippen molar-refractivity contribution in [3.8, 4) is 11.4 Å². The Bertz CT molecular complexity index is 1330. The van der Waals surface area contributed by atoms with Crippen LogP contribution in [0.15, 0.2) is 60.8 Å². The van der Waals surface area contributed by atoms with Gasteiger partial charge in [-0.2, -0.15) is 0 Å². The molecule has 180 valence electrons. The molecule has 2 saturated heterocycles. The number of hydrogen-bond donors (Lipinski definition) is 1. The molecule has 2 spiro atoms. The Morgan fingerprint density at radius 2 is 1.66 bits per heavy atom. The molecular weight excluding hydrogens is 440 g/mol. The predicted molar refractivity (Wildman–Crippen MR) is 135 cm³/mol. The number of ether oxygens (including phenoxy) is 1. The van der Waals surface area contributed by atoms with Gasteiger partial charge in [-0.3, -0.25) is 14.1 Å². The van der Waals surface area contributed by atoms with Crippen molar-refractivity contribution >= 4 is 17.5 Å². The number of primary amides is 1. The fourth-order valence-electron chi connectivity index (χ4n) is 7.09. The number of carbonyl (C=O) groups excluding carboxylic acids is 2. The maximum atomic E-state index is 13.3. The van der Waals surface area contributed by atoms with Gasteiger partial charge >= 0.3 is 0 Å². The minimum absolute atomic E-state index is 0.00238. The van der Waals surface area contributed by atoms with Gasteiger partial charge in [0.15, 0.2) is 5.69 Å². The van der Waals surface area contributed by atoms with Crippen molar-refractivity contribution in [1.82, 2.24) is 14.0 Å². The topological polar surface area (TPSA) is 77.6 Å². The summed E-state index contributed by atoms with van der Waals surface area (Å²) in [6.07, 6.45) is 3.93. The van der Waals surface area contributed by atoms with Gasteiger partial charge in [-0.05, 0) is 62.4 Å². The maximum absolute atomic E-state index is 13.3. The molecule has 2 atom stereocenters. The van der Waals surface area contributed by atoms with Gasteiger partial charge < -0.3 is 19.9 Å². The molecule has 0 aliphatic carbocycles. The van der Waals surface area contributed by atoms with Gasteiger partial charge in [-0.25, -0.2) is 0 Å². The lowest BCUT2D eigenvalue weighted by molar-refractivity contribution is 0.0493. The number of hydrogen-bond acceptors (Lipinski definition) is 3. The van der Waals surface area contributed by atoms with Crippen LogP contribution < -0.4 is 15.0 Å². The number of aromatic nitrogens is 1. The summed E-state index contributed by atoms with van der Waals surface area (Å²) >= 11 is 0. The minimum atomic E-state index is -0.489. The Hall–Kier alpha value is -3.58. The van der Waals surface area contributed by atoms with Crippen LogP contribution in [0.3, 0.4) is 0 Å². The summed E-state index contributed by atoms with van der Waals surface area (Å²) in [5.74, 6) is 0.393. The van der Waals surface area contributed by atoms with Crippen LogP contribution in [0.4, 0.5) is 5.69 Å². The van der Waals surface area contributed by atoms with E-state index in [1.54, 1.807) is 31.4 Å². The van der Waals surface area contributed by atoms with E-state index in [0.29, 0.717) is 36.3 Å². The van der Waals surface area contributed by atoms with E-state index in [4.69, 9.17) is 10.5 Å². The largest absolute Gasteiger partial charge is 0.497 e. The fraction of sp³-hybridized carbons (Fsp3) is 0.357. The quantitative estimate of drug-likeness (QED) is 0.466. The van der Waals surface area contributed by atoms with Crippen LogP contribution in [-0.2, 0) is 5.54 Å². The van der Waals surface area contributed by atoms with E-state index >= 15 is 0 Å². The Morgan fingerprint density at radius 1 is 1.00 bits per heavy atom. The molecule has 2 aromatic carbocycles. The molecule has 7 nitrogen and oxygen atoms in total. The molecule has 0 saturated carbocycles. The van der Waals surface area contributed by atoms with Crippen LogP contribution in [-0.4, -0.2) is 53.6 Å². The maximum Gasteiger partial charge on any atom is 0.253 e. The number of likely N-dealkylation sites (tertiary alicyclic amines) is 1. The van der Waals surface area contributed by atoms with E-state index in [-0.39, 0.29) is 11.4 Å². The van der Waals surface area contributed by atoms with Gasteiger partial charge in [0.2, 0.25) is 5.91 Å². The first-order valence-electron chi connectivity index (χ1n) is 12.3. The Labute approximate surface area is 205 Å². The van der Waals surface area contributed by atoms with Crippen molar-refractivity contribution in [1.29, 1.82) is 0 Å². The van der Waals surface area contributed by atoms with Gasteiger partial charge in [-0.1, -0.05) is 0 Å². The fourth-order valence-corrected chi connectivity index (χ4v) is 7.09. The lowest BCUT2D eigenvalue weighted by atomic mass is 9.79. The summed E-state index contributed by atoms with van der Waals surface area (Å²) in [7, 11) is 1.72. The monoisotopic (exact) mass is 471 g/mol. The first-order valence-corrected chi connectivity index (χ1v) is 12.3. The van der Waals surface area contributed by atoms with Crippen LogP contribution in [0.25, 0.3) is 5.69 Å². The van der Waals surface area contributed by atoms with Crippen molar-refractivity contribution in [3.63, 3.8) is 0 Å². The third kappa shape index (κ3) is 2.76. The molecule has 2 N–H and O–H groups in total. The summed E-state index contributed by atoms with van der Waals surface area (Å²) < 4.78 is 8.90. The standard InChI is InChI=1S/C28H30N4O3/c1-18-19(2)32(18)24-17-22(35-3)10-11-23(24)31-14-4-5-25(31)28(32)12-15-30(16-13-28)27(34)21-8-6-20(7-9-21)26(29)33/h4-11,14,17-19H,12-13,15-16H2,1-3H3,(H-,29,33)/p+1. The van der Waals surface area contributed by atoms with Crippen molar-refractivity contribution in [2.75, 3.05) is 20.2 Å². The Kier molecular flexibility index (Phi) is 4.67. The molecule has 0 bridgehead atoms. The SMILES string of the molecule is COc1ccc2c(c1)[N+]1(C(C)C1C)C1(CCN(C(=O)c3ccc(C(N)=O)cc3)CC1)c1cccn1-2. The normalized spacial score (nSPS) is 25.7. The molecule has 3 aliphatic heterocycles. The van der Waals surface area contributed by atoms with E-state index in [9.17, 15) is 9.59 Å². The highest BCUT2D eigenvalue weighted by molar-refractivity contribution is 5.97. The van der Waals surface area contributed by atoms with Gasteiger partial charge in [0.05, 0.1) is 12.8 Å². The number of rotatable bonds is 3. The molecule has 7 heteroatoms. The summed E-state index contributed by atoms with van der Waals surface area (Å²) in [5.41, 5.74) is 10.1. The molecule has 4 heterocycles. The molecular formula is C28H31N4O3+. The molecule has 0 radical (unpaired) electrons. The van der Waals surface area contributed by atoms with E-state index < -0.39 is 5.91 Å². The van der Waals surface area contributed by atoms with Crippen molar-refractivity contribution < 1.29 is 14.3 Å². The molecule has 35 heavy (non-hydrogen) atoms. The van der Waals surface area contributed by atoms with Crippen LogP contribution in [0.5, 0.6) is 5.75 Å². The second-order valence-corrected chi connectivity index (χ2v) is 10.1. The van der Waals surface area contributed by atoms with Gasteiger partial charge in [-0.15, -0.1) is 0 Å². The molecule has 1 aromatic heterocycles. The Balaban J connectivity index is 1.37. The van der Waals surface area contributed by atoms with E-state index in [1.807, 2.05) is 11.0 Å². The average molecular weight is 472 g/mol. The van der Waals surface area contributed by atoms with Crippen molar-refractivity contribution in [2.45, 2.75) is 44.3 Å². The number of piperidine rings is 1. The smallest absolute Gasteiger partial charge is 0.253 e. The molecule has 3 aromatic rings.